The Balaban J connectivity index is 2.67. The Kier molecular flexibility index (Phi) is 2.58. The van der Waals surface area contributed by atoms with Gasteiger partial charge in [0.15, 0.2) is 5.69 Å². The third-order valence-corrected chi connectivity index (χ3v) is 1.95. The molecule has 11 heavy (non-hydrogen) atoms. The minimum Gasteiger partial charge on any atom is -0.303 e. The molecule has 0 fully saturated rings. The molecule has 1 rings (SSSR count). The first-order chi connectivity index (χ1) is 5.22. The number of nitrogens with zero attached hydrogens (tertiary/aromatic N) is 3. The first kappa shape index (κ1) is 8.18. The fourth-order valence-electron chi connectivity index (χ4n) is 0.705. The van der Waals surface area contributed by atoms with E-state index >= 15 is 0 Å². The van der Waals surface area contributed by atoms with E-state index in [1.165, 1.54) is 11.3 Å². The van der Waals surface area contributed by atoms with Gasteiger partial charge in [-0.3, -0.25) is 0 Å². The second-order valence-corrected chi connectivity index (χ2v) is 3.42. The molecular formula is C7H9N3S. The zero-order chi connectivity index (χ0) is 8.27. The van der Waals surface area contributed by atoms with Gasteiger partial charge in [-0.1, -0.05) is 0 Å². The van der Waals surface area contributed by atoms with Crippen LogP contribution in [0.15, 0.2) is 5.38 Å². The van der Waals surface area contributed by atoms with Crippen molar-refractivity contribution in [1.29, 1.82) is 5.26 Å². The Morgan fingerprint density at radius 3 is 2.91 bits per heavy atom. The van der Waals surface area contributed by atoms with Gasteiger partial charge in [-0.15, -0.1) is 11.3 Å². The van der Waals surface area contributed by atoms with Crippen molar-refractivity contribution in [3.8, 4) is 6.07 Å². The molecule has 0 radical (unpaired) electrons. The summed E-state index contributed by atoms with van der Waals surface area (Å²) in [7, 11) is 3.96. The van der Waals surface area contributed by atoms with E-state index in [-0.39, 0.29) is 0 Å². The predicted octanol–water partition coefficient (Wildman–Crippen LogP) is 1.08. The summed E-state index contributed by atoms with van der Waals surface area (Å²) in [5, 5.41) is 11.2. The van der Waals surface area contributed by atoms with E-state index in [0.717, 1.165) is 11.6 Å². The van der Waals surface area contributed by atoms with Gasteiger partial charge in [0.1, 0.15) is 11.1 Å². The highest BCUT2D eigenvalue weighted by atomic mass is 32.1. The number of hydrogen-bond acceptors (Lipinski definition) is 4. The van der Waals surface area contributed by atoms with E-state index in [9.17, 15) is 0 Å². The van der Waals surface area contributed by atoms with Crippen molar-refractivity contribution < 1.29 is 0 Å². The molecule has 1 heterocycles. The lowest BCUT2D eigenvalue weighted by Crippen LogP contribution is -2.10. The minimum atomic E-state index is 0.520. The third kappa shape index (κ3) is 2.30. The summed E-state index contributed by atoms with van der Waals surface area (Å²) >= 11 is 1.53. The van der Waals surface area contributed by atoms with E-state index in [4.69, 9.17) is 5.26 Å². The lowest BCUT2D eigenvalue weighted by molar-refractivity contribution is 0.401. The zero-order valence-electron chi connectivity index (χ0n) is 6.53. The molecule has 0 saturated heterocycles. The Labute approximate surface area is 69.9 Å². The van der Waals surface area contributed by atoms with E-state index in [1.54, 1.807) is 5.38 Å². The fourth-order valence-corrected chi connectivity index (χ4v) is 1.54. The Morgan fingerprint density at radius 1 is 1.73 bits per heavy atom. The van der Waals surface area contributed by atoms with E-state index < -0.39 is 0 Å². The molecule has 0 unspecified atom stereocenters. The van der Waals surface area contributed by atoms with Crippen molar-refractivity contribution in [1.82, 2.24) is 9.88 Å². The summed E-state index contributed by atoms with van der Waals surface area (Å²) in [6, 6.07) is 2.00. The summed E-state index contributed by atoms with van der Waals surface area (Å²) in [4.78, 5) is 6.11. The molecule has 1 aromatic heterocycles. The number of thiazole rings is 1. The van der Waals surface area contributed by atoms with Crippen molar-refractivity contribution in [2.24, 2.45) is 0 Å². The molecule has 0 atom stereocenters. The molecule has 0 N–H and O–H groups in total. The molecule has 0 aliphatic heterocycles. The van der Waals surface area contributed by atoms with Gasteiger partial charge in [0.05, 0.1) is 0 Å². The standard InChI is InChI=1S/C7H9N3S/c1-10(2)4-7-9-6(3-8)5-11-7/h5H,4H2,1-2H3. The van der Waals surface area contributed by atoms with Crippen LogP contribution in [0.5, 0.6) is 0 Å². The SMILES string of the molecule is CN(C)Cc1nc(C#N)cs1. The van der Waals surface area contributed by atoms with Crippen molar-refractivity contribution in [2.45, 2.75) is 6.54 Å². The minimum absolute atomic E-state index is 0.520. The normalized spacial score (nSPS) is 10.0. The van der Waals surface area contributed by atoms with Gasteiger partial charge < -0.3 is 4.90 Å². The van der Waals surface area contributed by atoms with Crippen LogP contribution in [0.25, 0.3) is 0 Å². The molecule has 0 saturated carbocycles. The van der Waals surface area contributed by atoms with Gasteiger partial charge in [-0.25, -0.2) is 4.98 Å². The van der Waals surface area contributed by atoms with Crippen molar-refractivity contribution in [3.05, 3.63) is 16.1 Å². The van der Waals surface area contributed by atoms with Crippen LogP contribution < -0.4 is 0 Å². The number of nitriles is 1. The van der Waals surface area contributed by atoms with Crippen molar-refractivity contribution in [2.75, 3.05) is 14.1 Å². The summed E-state index contributed by atoms with van der Waals surface area (Å²) in [6.07, 6.45) is 0. The maximum Gasteiger partial charge on any atom is 0.151 e. The maximum atomic E-state index is 8.47. The summed E-state index contributed by atoms with van der Waals surface area (Å²) in [6.45, 7) is 0.812. The Bertz CT molecular complexity index is 271. The summed E-state index contributed by atoms with van der Waals surface area (Å²) in [5.41, 5.74) is 0.520. The third-order valence-electron chi connectivity index (χ3n) is 1.12. The van der Waals surface area contributed by atoms with Crippen LogP contribution in [-0.2, 0) is 6.54 Å². The molecule has 58 valence electrons. The highest BCUT2D eigenvalue weighted by Gasteiger charge is 2.00. The summed E-state index contributed by atoms with van der Waals surface area (Å²) < 4.78 is 0. The average Bonchev–Trinajstić information content (AvgIpc) is 2.34. The molecule has 0 aliphatic rings. The Hall–Kier alpha value is -0.920. The van der Waals surface area contributed by atoms with Gasteiger partial charge in [-0.05, 0) is 14.1 Å². The first-order valence-electron chi connectivity index (χ1n) is 3.21. The first-order valence-corrected chi connectivity index (χ1v) is 4.09. The molecule has 0 aliphatic carbocycles. The molecule has 0 bridgehead atoms. The van der Waals surface area contributed by atoms with Gasteiger partial charge in [0.2, 0.25) is 0 Å². The van der Waals surface area contributed by atoms with Crippen LogP contribution in [-0.4, -0.2) is 24.0 Å². The average molecular weight is 167 g/mol. The molecular weight excluding hydrogens is 158 g/mol. The predicted molar refractivity (Wildman–Crippen MR) is 44.2 cm³/mol. The van der Waals surface area contributed by atoms with Crippen LogP contribution in [0.1, 0.15) is 10.7 Å². The molecule has 4 heteroatoms. The van der Waals surface area contributed by atoms with Crippen LogP contribution in [0.3, 0.4) is 0 Å². The fraction of sp³-hybridized carbons (Fsp3) is 0.429. The number of rotatable bonds is 2. The highest BCUT2D eigenvalue weighted by Crippen LogP contribution is 2.09. The van der Waals surface area contributed by atoms with Crippen LogP contribution in [0.4, 0.5) is 0 Å². The van der Waals surface area contributed by atoms with Gasteiger partial charge in [-0.2, -0.15) is 5.26 Å². The van der Waals surface area contributed by atoms with E-state index in [2.05, 4.69) is 4.98 Å². The number of aromatic nitrogens is 1. The smallest absolute Gasteiger partial charge is 0.151 e. The number of hydrogen-bond donors (Lipinski definition) is 0. The van der Waals surface area contributed by atoms with Crippen LogP contribution in [0, 0.1) is 11.3 Å². The van der Waals surface area contributed by atoms with Gasteiger partial charge >= 0.3 is 0 Å². The Morgan fingerprint density at radius 2 is 2.45 bits per heavy atom. The van der Waals surface area contributed by atoms with E-state index in [0.29, 0.717) is 5.69 Å². The van der Waals surface area contributed by atoms with Gasteiger partial charge in [0, 0.05) is 11.9 Å². The topological polar surface area (TPSA) is 39.9 Å². The molecule has 3 nitrogen and oxygen atoms in total. The lowest BCUT2D eigenvalue weighted by Gasteiger charge is -2.04. The second kappa shape index (κ2) is 3.46. The summed E-state index contributed by atoms with van der Waals surface area (Å²) in [5.74, 6) is 0. The maximum absolute atomic E-state index is 8.47. The van der Waals surface area contributed by atoms with Crippen molar-refractivity contribution in [3.63, 3.8) is 0 Å². The molecule has 0 spiro atoms. The van der Waals surface area contributed by atoms with Gasteiger partial charge in [0.25, 0.3) is 0 Å². The van der Waals surface area contributed by atoms with Crippen LogP contribution >= 0.6 is 11.3 Å². The lowest BCUT2D eigenvalue weighted by atomic mass is 10.5. The monoisotopic (exact) mass is 167 g/mol. The molecule has 0 aromatic carbocycles. The van der Waals surface area contributed by atoms with E-state index in [1.807, 2.05) is 25.1 Å². The quantitative estimate of drug-likeness (QED) is 0.661. The van der Waals surface area contributed by atoms with Crippen LogP contribution in [0.2, 0.25) is 0 Å². The second-order valence-electron chi connectivity index (χ2n) is 2.48. The molecule has 0 amide bonds. The largest absolute Gasteiger partial charge is 0.303 e. The van der Waals surface area contributed by atoms with Crippen molar-refractivity contribution >= 4 is 11.3 Å². The zero-order valence-corrected chi connectivity index (χ0v) is 7.35. The highest BCUT2D eigenvalue weighted by molar-refractivity contribution is 7.09. The molecule has 1 aromatic rings.